The van der Waals surface area contributed by atoms with E-state index < -0.39 is 5.54 Å². The number of rotatable bonds is 7. The summed E-state index contributed by atoms with van der Waals surface area (Å²) < 4.78 is 0. The lowest BCUT2D eigenvalue weighted by Crippen LogP contribution is -2.38. The molecule has 0 unspecified atom stereocenters. The summed E-state index contributed by atoms with van der Waals surface area (Å²) in [5, 5.41) is 16.1. The van der Waals surface area contributed by atoms with Gasteiger partial charge < -0.3 is 20.6 Å². The van der Waals surface area contributed by atoms with Crippen LogP contribution in [0.5, 0.6) is 0 Å². The number of piperidine rings is 1. The molecule has 0 atom stereocenters. The molecule has 2 aliphatic rings. The van der Waals surface area contributed by atoms with Gasteiger partial charge in [-0.1, -0.05) is 12.1 Å². The van der Waals surface area contributed by atoms with E-state index in [0.717, 1.165) is 48.4 Å². The Hall–Kier alpha value is -3.45. The maximum atomic E-state index is 13.5. The number of pyridine rings is 2. The number of hydrogen-bond acceptors (Lipinski definition) is 6. The van der Waals surface area contributed by atoms with Crippen molar-refractivity contribution in [1.82, 2.24) is 9.97 Å². The SMILES string of the molecule is Cc1ccc(NC(=O)c2ccc(NC(C)(C)CO)nc2N2CCC3(CC2)CC3)cc1-c1ccccn1. The van der Waals surface area contributed by atoms with E-state index in [1.54, 1.807) is 6.20 Å². The highest BCUT2D eigenvalue weighted by Crippen LogP contribution is 2.54. The van der Waals surface area contributed by atoms with Crippen molar-refractivity contribution in [3.63, 3.8) is 0 Å². The number of carbonyl (C=O) groups is 1. The van der Waals surface area contributed by atoms with E-state index in [2.05, 4.69) is 20.5 Å². The molecule has 1 saturated carbocycles. The third-order valence-electron chi connectivity index (χ3n) is 7.50. The van der Waals surface area contributed by atoms with Gasteiger partial charge in [-0.3, -0.25) is 9.78 Å². The van der Waals surface area contributed by atoms with Crippen molar-refractivity contribution in [2.45, 2.75) is 52.0 Å². The topological polar surface area (TPSA) is 90.4 Å². The van der Waals surface area contributed by atoms with E-state index in [1.165, 1.54) is 12.8 Å². The van der Waals surface area contributed by atoms with Crippen molar-refractivity contribution in [3.8, 4) is 11.3 Å². The molecule has 1 aliphatic heterocycles. The van der Waals surface area contributed by atoms with Crippen LogP contribution >= 0.6 is 0 Å². The number of amides is 1. The molecule has 1 amide bonds. The minimum atomic E-state index is -0.516. The quantitative estimate of drug-likeness (QED) is 0.423. The third-order valence-corrected chi connectivity index (χ3v) is 7.50. The number of hydrogen-bond donors (Lipinski definition) is 3. The van der Waals surface area contributed by atoms with Crippen LogP contribution in [0.4, 0.5) is 17.3 Å². The first-order valence-corrected chi connectivity index (χ1v) is 12.8. The van der Waals surface area contributed by atoms with Gasteiger partial charge in [0.15, 0.2) is 0 Å². The average Bonchev–Trinajstić information content (AvgIpc) is 3.64. The zero-order valence-electron chi connectivity index (χ0n) is 21.3. The maximum absolute atomic E-state index is 13.5. The number of aliphatic hydroxyl groups is 1. The largest absolute Gasteiger partial charge is 0.394 e. The monoisotopic (exact) mass is 485 g/mol. The Bertz CT molecular complexity index is 1240. The Morgan fingerprint density at radius 2 is 1.86 bits per heavy atom. The minimum absolute atomic E-state index is 0.0233. The number of aliphatic hydroxyl groups excluding tert-OH is 1. The first-order chi connectivity index (χ1) is 17.3. The zero-order valence-corrected chi connectivity index (χ0v) is 21.3. The van der Waals surface area contributed by atoms with Crippen molar-refractivity contribution in [2.24, 2.45) is 5.41 Å². The Labute approximate surface area is 213 Å². The predicted octanol–water partition coefficient (Wildman–Crippen LogP) is 5.27. The molecule has 7 heteroatoms. The fourth-order valence-electron chi connectivity index (χ4n) is 4.89. The Kier molecular flexibility index (Phi) is 6.43. The van der Waals surface area contributed by atoms with Gasteiger partial charge in [0.1, 0.15) is 11.6 Å². The van der Waals surface area contributed by atoms with Crippen molar-refractivity contribution in [3.05, 3.63) is 65.9 Å². The fourth-order valence-corrected chi connectivity index (χ4v) is 4.89. The van der Waals surface area contributed by atoms with Gasteiger partial charge in [0.25, 0.3) is 5.91 Å². The Balaban J connectivity index is 1.43. The lowest BCUT2D eigenvalue weighted by Gasteiger charge is -2.34. The van der Waals surface area contributed by atoms with E-state index in [0.29, 0.717) is 22.6 Å². The molecular formula is C29H35N5O2. The summed E-state index contributed by atoms with van der Waals surface area (Å²) in [6.07, 6.45) is 6.69. The number of nitrogens with zero attached hydrogens (tertiary/aromatic N) is 3. The highest BCUT2D eigenvalue weighted by atomic mass is 16.3. The zero-order chi connectivity index (χ0) is 25.3. The summed E-state index contributed by atoms with van der Waals surface area (Å²) in [6.45, 7) is 7.65. The summed E-state index contributed by atoms with van der Waals surface area (Å²) in [7, 11) is 0. The van der Waals surface area contributed by atoms with Crippen LogP contribution in [-0.4, -0.2) is 46.2 Å². The van der Waals surface area contributed by atoms with Gasteiger partial charge >= 0.3 is 0 Å². The third kappa shape index (κ3) is 5.21. The van der Waals surface area contributed by atoms with Crippen LogP contribution in [0.15, 0.2) is 54.7 Å². The van der Waals surface area contributed by atoms with Crippen LogP contribution in [0.1, 0.15) is 55.5 Å². The van der Waals surface area contributed by atoms with Crippen molar-refractivity contribution < 1.29 is 9.90 Å². The lowest BCUT2D eigenvalue weighted by atomic mass is 9.93. The molecule has 1 aromatic carbocycles. The molecule has 2 aromatic heterocycles. The number of anilines is 3. The second kappa shape index (κ2) is 9.54. The molecule has 7 nitrogen and oxygen atoms in total. The van der Waals surface area contributed by atoms with E-state index in [-0.39, 0.29) is 12.5 Å². The second-order valence-corrected chi connectivity index (χ2v) is 10.9. The van der Waals surface area contributed by atoms with Gasteiger partial charge in [0, 0.05) is 30.5 Å². The summed E-state index contributed by atoms with van der Waals surface area (Å²) in [5.74, 6) is 1.16. The molecule has 36 heavy (non-hydrogen) atoms. The van der Waals surface area contributed by atoms with Gasteiger partial charge in [0.2, 0.25) is 0 Å². The molecule has 1 aliphatic carbocycles. The van der Waals surface area contributed by atoms with E-state index in [1.807, 2.05) is 69.3 Å². The van der Waals surface area contributed by atoms with Crippen LogP contribution in [0.25, 0.3) is 11.3 Å². The molecule has 1 saturated heterocycles. The molecule has 1 spiro atoms. The molecule has 0 bridgehead atoms. The van der Waals surface area contributed by atoms with Gasteiger partial charge in [-0.2, -0.15) is 0 Å². The minimum Gasteiger partial charge on any atom is -0.394 e. The molecule has 2 fully saturated rings. The first kappa shape index (κ1) is 24.3. The average molecular weight is 486 g/mol. The van der Waals surface area contributed by atoms with Crippen LogP contribution < -0.4 is 15.5 Å². The Morgan fingerprint density at radius 3 is 2.53 bits per heavy atom. The van der Waals surface area contributed by atoms with E-state index >= 15 is 0 Å². The molecule has 3 heterocycles. The van der Waals surface area contributed by atoms with Gasteiger partial charge in [-0.25, -0.2) is 4.98 Å². The van der Waals surface area contributed by atoms with Crippen molar-refractivity contribution in [1.29, 1.82) is 0 Å². The number of nitrogens with one attached hydrogen (secondary N) is 2. The van der Waals surface area contributed by atoms with Crippen molar-refractivity contribution in [2.75, 3.05) is 35.2 Å². The Morgan fingerprint density at radius 1 is 1.08 bits per heavy atom. The standard InChI is InChI=1S/C29H35N5O2/c1-20-7-8-21(18-23(20)24-6-4-5-15-30-24)31-27(36)22-9-10-25(33-28(2,3)19-35)32-26(22)34-16-13-29(11-12-29)14-17-34/h4-10,15,18,35H,11-14,16-17,19H2,1-3H3,(H,31,36)(H,32,33). The summed E-state index contributed by atoms with van der Waals surface area (Å²) >= 11 is 0. The second-order valence-electron chi connectivity index (χ2n) is 10.9. The number of carbonyl (C=O) groups excluding carboxylic acids is 1. The molecule has 5 rings (SSSR count). The van der Waals surface area contributed by atoms with Crippen LogP contribution in [0.2, 0.25) is 0 Å². The van der Waals surface area contributed by atoms with Gasteiger partial charge in [-0.15, -0.1) is 0 Å². The summed E-state index contributed by atoms with van der Waals surface area (Å²) in [5.41, 5.74) is 4.24. The normalized spacial score (nSPS) is 16.6. The first-order valence-electron chi connectivity index (χ1n) is 12.8. The molecular weight excluding hydrogens is 450 g/mol. The van der Waals surface area contributed by atoms with Crippen LogP contribution in [0, 0.1) is 12.3 Å². The van der Waals surface area contributed by atoms with Gasteiger partial charge in [0.05, 0.1) is 23.4 Å². The summed E-state index contributed by atoms with van der Waals surface area (Å²) in [4.78, 5) is 25.1. The molecule has 3 N–H and O–H groups in total. The fraction of sp³-hybridized carbons (Fsp3) is 0.414. The van der Waals surface area contributed by atoms with Crippen LogP contribution in [0.3, 0.4) is 0 Å². The lowest BCUT2D eigenvalue weighted by molar-refractivity contribution is 0.102. The van der Waals surface area contributed by atoms with E-state index in [4.69, 9.17) is 4.98 Å². The number of aryl methyl sites for hydroxylation is 1. The number of benzene rings is 1. The van der Waals surface area contributed by atoms with Crippen LogP contribution in [-0.2, 0) is 0 Å². The van der Waals surface area contributed by atoms with Crippen molar-refractivity contribution >= 4 is 23.2 Å². The molecule has 0 radical (unpaired) electrons. The maximum Gasteiger partial charge on any atom is 0.259 e. The summed E-state index contributed by atoms with van der Waals surface area (Å²) in [6, 6.07) is 15.4. The predicted molar refractivity (Wildman–Crippen MR) is 145 cm³/mol. The number of aromatic nitrogens is 2. The highest BCUT2D eigenvalue weighted by Gasteiger charge is 2.45. The molecule has 188 valence electrons. The smallest absolute Gasteiger partial charge is 0.259 e. The molecule has 3 aromatic rings. The van der Waals surface area contributed by atoms with E-state index in [9.17, 15) is 9.90 Å². The van der Waals surface area contributed by atoms with Gasteiger partial charge in [-0.05, 0) is 93.8 Å². The highest BCUT2D eigenvalue weighted by molar-refractivity contribution is 6.08.